The van der Waals surface area contributed by atoms with Crippen molar-refractivity contribution < 1.29 is 0 Å². The third-order valence-electron chi connectivity index (χ3n) is 2.57. The largest absolute Gasteiger partial charge is 0.192 e. The zero-order chi connectivity index (χ0) is 10.6. The first-order chi connectivity index (χ1) is 6.69. The molecule has 0 saturated carbocycles. The molecule has 1 nitrogen and oxygen atoms in total. The lowest BCUT2D eigenvalue weighted by atomic mass is 9.93. The van der Waals surface area contributed by atoms with E-state index in [0.29, 0.717) is 11.5 Å². The molecule has 72 valence electrons. The quantitative estimate of drug-likeness (QED) is 0.705. The maximum Gasteiger partial charge on any atom is 0.0991 e. The summed E-state index contributed by atoms with van der Waals surface area (Å²) in [6.45, 7) is 8.36. The zero-order valence-electron chi connectivity index (χ0n) is 8.75. The molecule has 0 spiro atoms. The molecular formula is C13H15N. The molecule has 1 unspecified atom stereocenters. The van der Waals surface area contributed by atoms with Crippen LogP contribution in [0.15, 0.2) is 30.8 Å². The first-order valence-electron chi connectivity index (χ1n) is 4.88. The summed E-state index contributed by atoms with van der Waals surface area (Å²) in [6, 6.07) is 9.76. The van der Waals surface area contributed by atoms with E-state index in [2.05, 4.69) is 26.5 Å². The van der Waals surface area contributed by atoms with E-state index in [1.165, 1.54) is 0 Å². The Morgan fingerprint density at radius 1 is 1.57 bits per heavy atom. The molecule has 0 aliphatic carbocycles. The molecule has 0 bridgehead atoms. The first kappa shape index (κ1) is 10.5. The minimum Gasteiger partial charge on any atom is -0.192 e. The number of nitriles is 1. The Morgan fingerprint density at radius 2 is 2.29 bits per heavy atom. The lowest BCUT2D eigenvalue weighted by molar-refractivity contribution is 0.719. The van der Waals surface area contributed by atoms with Crippen LogP contribution < -0.4 is 0 Å². The second-order valence-corrected chi connectivity index (χ2v) is 3.53. The summed E-state index contributed by atoms with van der Waals surface area (Å²) in [4.78, 5) is 0. The minimum absolute atomic E-state index is 0.476. The molecule has 1 aromatic carbocycles. The zero-order valence-corrected chi connectivity index (χ0v) is 8.75. The fourth-order valence-electron chi connectivity index (χ4n) is 1.32. The Morgan fingerprint density at radius 3 is 2.86 bits per heavy atom. The van der Waals surface area contributed by atoms with E-state index in [1.807, 2.05) is 24.3 Å². The third-order valence-corrected chi connectivity index (χ3v) is 2.57. The summed E-state index contributed by atoms with van der Waals surface area (Å²) in [7, 11) is 0. The number of hydrogen-bond acceptors (Lipinski definition) is 1. The molecule has 1 atom stereocenters. The van der Waals surface area contributed by atoms with Gasteiger partial charge in [0.2, 0.25) is 0 Å². The molecule has 0 saturated heterocycles. The second kappa shape index (κ2) is 4.62. The van der Waals surface area contributed by atoms with E-state index < -0.39 is 0 Å². The van der Waals surface area contributed by atoms with Crippen molar-refractivity contribution in [3.05, 3.63) is 42.0 Å². The monoisotopic (exact) mass is 185 g/mol. The summed E-state index contributed by atoms with van der Waals surface area (Å²) in [5, 5.41) is 8.76. The number of allylic oxidation sites excluding steroid dienone is 1. The summed E-state index contributed by atoms with van der Waals surface area (Å²) in [5.74, 6) is 0.476. The highest BCUT2D eigenvalue weighted by molar-refractivity contribution is 5.66. The normalized spacial score (nSPS) is 11.8. The predicted octanol–water partition coefficient (Wildman–Crippen LogP) is 3.62. The van der Waals surface area contributed by atoms with Crippen LogP contribution in [0.2, 0.25) is 0 Å². The van der Waals surface area contributed by atoms with Crippen LogP contribution in [0.3, 0.4) is 0 Å². The van der Waals surface area contributed by atoms with Crippen molar-refractivity contribution in [3.8, 4) is 6.07 Å². The number of benzene rings is 1. The van der Waals surface area contributed by atoms with E-state index in [1.54, 1.807) is 0 Å². The Bertz CT molecular complexity index is 371. The van der Waals surface area contributed by atoms with Gasteiger partial charge in [-0.2, -0.15) is 5.26 Å². The van der Waals surface area contributed by atoms with E-state index in [0.717, 1.165) is 17.6 Å². The van der Waals surface area contributed by atoms with E-state index in [9.17, 15) is 0 Å². The Balaban J connectivity index is 2.97. The average Bonchev–Trinajstić information content (AvgIpc) is 2.27. The van der Waals surface area contributed by atoms with Crippen LogP contribution in [0, 0.1) is 17.2 Å². The molecule has 0 heterocycles. The van der Waals surface area contributed by atoms with Gasteiger partial charge in [0.25, 0.3) is 0 Å². The Hall–Kier alpha value is -1.55. The summed E-state index contributed by atoms with van der Waals surface area (Å²) in [5.41, 5.74) is 2.90. The maximum absolute atomic E-state index is 8.76. The van der Waals surface area contributed by atoms with Gasteiger partial charge in [0.05, 0.1) is 11.6 Å². The maximum atomic E-state index is 8.76. The summed E-state index contributed by atoms with van der Waals surface area (Å²) in [6.07, 6.45) is 1.08. The Labute approximate surface area is 85.7 Å². The van der Waals surface area contributed by atoms with Gasteiger partial charge in [0, 0.05) is 0 Å². The average molecular weight is 185 g/mol. The topological polar surface area (TPSA) is 23.8 Å². The second-order valence-electron chi connectivity index (χ2n) is 3.53. The molecule has 1 aromatic rings. The molecule has 0 radical (unpaired) electrons. The first-order valence-corrected chi connectivity index (χ1v) is 4.88. The van der Waals surface area contributed by atoms with Crippen LogP contribution >= 0.6 is 0 Å². The fourth-order valence-corrected chi connectivity index (χ4v) is 1.32. The van der Waals surface area contributed by atoms with Crippen molar-refractivity contribution in [1.82, 2.24) is 0 Å². The van der Waals surface area contributed by atoms with Gasteiger partial charge in [-0.05, 0) is 35.6 Å². The highest BCUT2D eigenvalue weighted by Crippen LogP contribution is 2.23. The Kier molecular flexibility index (Phi) is 3.48. The summed E-state index contributed by atoms with van der Waals surface area (Å²) < 4.78 is 0. The minimum atomic E-state index is 0.476. The van der Waals surface area contributed by atoms with Gasteiger partial charge in [0.1, 0.15) is 0 Å². The number of hydrogen-bond donors (Lipinski definition) is 0. The van der Waals surface area contributed by atoms with Crippen molar-refractivity contribution in [2.45, 2.75) is 20.3 Å². The number of rotatable bonds is 3. The van der Waals surface area contributed by atoms with Gasteiger partial charge in [-0.25, -0.2) is 0 Å². The van der Waals surface area contributed by atoms with Crippen molar-refractivity contribution in [2.75, 3.05) is 0 Å². The molecule has 0 aromatic heterocycles. The van der Waals surface area contributed by atoms with Crippen molar-refractivity contribution in [1.29, 1.82) is 5.26 Å². The molecule has 0 amide bonds. The lowest BCUT2D eigenvalue weighted by Crippen LogP contribution is -1.95. The van der Waals surface area contributed by atoms with Gasteiger partial charge < -0.3 is 0 Å². The molecule has 1 heteroatoms. The van der Waals surface area contributed by atoms with E-state index in [4.69, 9.17) is 5.26 Å². The fraction of sp³-hybridized carbons (Fsp3) is 0.308. The lowest BCUT2D eigenvalue weighted by Gasteiger charge is -2.12. The van der Waals surface area contributed by atoms with Crippen LogP contribution in [0.4, 0.5) is 0 Å². The molecule has 0 aliphatic rings. The van der Waals surface area contributed by atoms with Gasteiger partial charge in [-0.1, -0.05) is 32.6 Å². The molecule has 1 rings (SSSR count). The van der Waals surface area contributed by atoms with Crippen LogP contribution in [0.25, 0.3) is 5.57 Å². The van der Waals surface area contributed by atoms with Gasteiger partial charge in [-0.3, -0.25) is 0 Å². The van der Waals surface area contributed by atoms with Gasteiger partial charge >= 0.3 is 0 Å². The highest BCUT2D eigenvalue weighted by atomic mass is 14.2. The molecule has 14 heavy (non-hydrogen) atoms. The molecule has 0 fully saturated rings. The molecule has 0 N–H and O–H groups in total. The molecule has 0 aliphatic heterocycles. The van der Waals surface area contributed by atoms with Crippen LogP contribution in [0.5, 0.6) is 0 Å². The van der Waals surface area contributed by atoms with E-state index in [-0.39, 0.29) is 0 Å². The van der Waals surface area contributed by atoms with Crippen molar-refractivity contribution in [3.63, 3.8) is 0 Å². The van der Waals surface area contributed by atoms with E-state index >= 15 is 0 Å². The predicted molar refractivity (Wildman–Crippen MR) is 59.6 cm³/mol. The van der Waals surface area contributed by atoms with Crippen LogP contribution in [-0.4, -0.2) is 0 Å². The summed E-state index contributed by atoms with van der Waals surface area (Å²) >= 11 is 0. The third kappa shape index (κ3) is 2.23. The molecular weight excluding hydrogens is 170 g/mol. The van der Waals surface area contributed by atoms with Crippen LogP contribution in [0.1, 0.15) is 31.4 Å². The standard InChI is InChI=1S/C13H15N/c1-4-10(2)11(3)13-7-5-6-12(8-13)9-14/h5-8,10H,3-4H2,1-2H3. The number of nitrogens with zero attached hydrogens (tertiary/aromatic N) is 1. The van der Waals surface area contributed by atoms with Crippen LogP contribution in [-0.2, 0) is 0 Å². The highest BCUT2D eigenvalue weighted by Gasteiger charge is 2.06. The van der Waals surface area contributed by atoms with Crippen molar-refractivity contribution >= 4 is 5.57 Å². The van der Waals surface area contributed by atoms with Gasteiger partial charge in [-0.15, -0.1) is 0 Å². The SMILES string of the molecule is C=C(c1cccc(C#N)c1)C(C)CC. The van der Waals surface area contributed by atoms with Gasteiger partial charge in [0.15, 0.2) is 0 Å². The smallest absolute Gasteiger partial charge is 0.0991 e. The van der Waals surface area contributed by atoms with Crippen molar-refractivity contribution in [2.24, 2.45) is 5.92 Å².